The van der Waals surface area contributed by atoms with E-state index in [-0.39, 0.29) is 11.3 Å². The van der Waals surface area contributed by atoms with Crippen LogP contribution < -0.4 is 5.32 Å². The first-order valence-corrected chi connectivity index (χ1v) is 8.76. The number of hydroxylamine groups is 3. The molecule has 0 aliphatic carbocycles. The molecule has 1 N–H and O–H groups in total. The van der Waals surface area contributed by atoms with Gasteiger partial charge >= 0.3 is 0 Å². The van der Waals surface area contributed by atoms with Gasteiger partial charge in [-0.3, -0.25) is 4.79 Å². The normalized spacial score (nSPS) is 15.7. The summed E-state index contributed by atoms with van der Waals surface area (Å²) in [5.41, 5.74) is 0. The Kier molecular flexibility index (Phi) is 11.7. The first-order chi connectivity index (χ1) is 10.4. The van der Waals surface area contributed by atoms with Crippen molar-refractivity contribution in [1.29, 1.82) is 0 Å². The van der Waals surface area contributed by atoms with Crippen LogP contribution in [0, 0.1) is 12.3 Å². The second-order valence-electron chi connectivity index (χ2n) is 5.17. The fourth-order valence-corrected chi connectivity index (χ4v) is 2.97. The van der Waals surface area contributed by atoms with Crippen molar-refractivity contribution >= 4 is 33.4 Å². The number of rotatable bonds is 11. The summed E-state index contributed by atoms with van der Waals surface area (Å²) in [5.74, 6) is 2.70. The van der Waals surface area contributed by atoms with Gasteiger partial charge in [-0.25, -0.2) is 4.84 Å². The van der Waals surface area contributed by atoms with Crippen LogP contribution in [0.5, 0.6) is 0 Å². The number of hydrogen-bond donors (Lipinski definition) is 1. The lowest BCUT2D eigenvalue weighted by molar-refractivity contribution is -1.05. The number of unbranched alkanes of at least 4 members (excludes halogenated alkanes) is 1. The molecule has 0 fully saturated rings. The minimum absolute atomic E-state index is 0.0706. The van der Waals surface area contributed by atoms with Crippen molar-refractivity contribution < 1.29 is 14.3 Å². The smallest absolute Gasteiger partial charge is 0.219 e. The molecule has 0 aromatic heterocycles. The summed E-state index contributed by atoms with van der Waals surface area (Å²) in [7, 11) is 3.61. The third-order valence-corrected chi connectivity index (χ3v) is 4.70. The second kappa shape index (κ2) is 12.0. The van der Waals surface area contributed by atoms with E-state index in [0.717, 1.165) is 30.4 Å². The van der Waals surface area contributed by atoms with Gasteiger partial charge in [-0.2, -0.15) is 0 Å². The first kappa shape index (κ1) is 21.5. The number of allylic oxidation sites excluding steroid dienone is 1. The summed E-state index contributed by atoms with van der Waals surface area (Å²) in [6.07, 6.45) is 10.8. The molecule has 0 saturated carbocycles. The van der Waals surface area contributed by atoms with Gasteiger partial charge in [0.05, 0.1) is 12.5 Å². The number of hydrogen-bond acceptors (Lipinski definition) is 2. The summed E-state index contributed by atoms with van der Waals surface area (Å²) in [4.78, 5) is 16.9. The van der Waals surface area contributed by atoms with Crippen LogP contribution >= 0.6 is 27.5 Å². The Labute approximate surface area is 147 Å². The minimum Gasteiger partial charge on any atom is -0.356 e. The monoisotopic (exact) mass is 393 g/mol. The van der Waals surface area contributed by atoms with Gasteiger partial charge in [-0.1, -0.05) is 0 Å². The molecule has 6 heteroatoms. The lowest BCUT2D eigenvalue weighted by atomic mass is 10.2. The van der Waals surface area contributed by atoms with Crippen molar-refractivity contribution in [3.05, 3.63) is 10.7 Å². The number of carbonyl (C=O) groups is 1. The molecule has 1 amide bonds. The lowest BCUT2D eigenvalue weighted by Crippen LogP contribution is -2.41. The molecule has 0 bridgehead atoms. The quantitative estimate of drug-likeness (QED) is 0.145. The van der Waals surface area contributed by atoms with E-state index in [0.29, 0.717) is 24.0 Å². The predicted molar refractivity (Wildman–Crippen MR) is 95.3 cm³/mol. The van der Waals surface area contributed by atoms with Gasteiger partial charge in [-0.05, 0) is 19.8 Å². The molecule has 0 aliphatic heterocycles. The molecule has 0 heterocycles. The van der Waals surface area contributed by atoms with Gasteiger partial charge in [0.1, 0.15) is 13.6 Å². The van der Waals surface area contributed by atoms with Gasteiger partial charge in [0.15, 0.2) is 0 Å². The minimum atomic E-state index is -0.149. The van der Waals surface area contributed by atoms with E-state index < -0.39 is 0 Å². The summed E-state index contributed by atoms with van der Waals surface area (Å²) >= 11 is 9.88. The average Bonchev–Trinajstić information content (AvgIpc) is 2.47. The molecule has 4 nitrogen and oxygen atoms in total. The lowest BCUT2D eigenvalue weighted by Gasteiger charge is -2.29. The molecule has 2 unspecified atom stereocenters. The van der Waals surface area contributed by atoms with E-state index in [1.165, 1.54) is 0 Å². The highest BCUT2D eigenvalue weighted by molar-refractivity contribution is 9.11. The highest BCUT2D eigenvalue weighted by atomic mass is 79.9. The Morgan fingerprint density at radius 3 is 2.77 bits per heavy atom. The van der Waals surface area contributed by atoms with Crippen molar-refractivity contribution in [3.63, 3.8) is 0 Å². The Hall–Kier alpha value is -0.540. The van der Waals surface area contributed by atoms with Crippen LogP contribution in [0.3, 0.4) is 0 Å². The highest BCUT2D eigenvalue weighted by Crippen LogP contribution is 2.25. The Bertz CT molecular complexity index is 409. The van der Waals surface area contributed by atoms with Crippen molar-refractivity contribution in [3.8, 4) is 12.3 Å². The molecular weight excluding hydrogens is 368 g/mol. The third kappa shape index (κ3) is 8.79. The summed E-state index contributed by atoms with van der Waals surface area (Å²) in [6, 6.07) is 0. The zero-order valence-electron chi connectivity index (χ0n) is 13.7. The molecule has 0 aromatic rings. The van der Waals surface area contributed by atoms with Crippen LogP contribution in [0.1, 0.15) is 39.0 Å². The molecule has 126 valence electrons. The van der Waals surface area contributed by atoms with Crippen LogP contribution in [0.2, 0.25) is 0 Å². The van der Waals surface area contributed by atoms with Crippen molar-refractivity contribution in [2.24, 2.45) is 0 Å². The van der Waals surface area contributed by atoms with E-state index in [1.54, 1.807) is 7.11 Å². The summed E-state index contributed by atoms with van der Waals surface area (Å²) < 4.78 is 1.16. The first-order valence-electron chi connectivity index (χ1n) is 7.53. The second-order valence-corrected chi connectivity index (χ2v) is 6.54. The van der Waals surface area contributed by atoms with E-state index >= 15 is 0 Å². The number of terminal acetylenes is 1. The molecular formula is C16H27BrClN2O2+. The van der Waals surface area contributed by atoms with Crippen molar-refractivity contribution in [1.82, 2.24) is 5.32 Å². The number of nitrogens with one attached hydrogen (secondary N) is 1. The summed E-state index contributed by atoms with van der Waals surface area (Å²) in [5, 5.41) is 2.63. The largest absolute Gasteiger partial charge is 0.356 e. The Morgan fingerprint density at radius 1 is 1.55 bits per heavy atom. The maximum atomic E-state index is 11.4. The molecule has 0 rings (SSSR count). The molecule has 2 atom stereocenters. The highest BCUT2D eigenvalue weighted by Gasteiger charge is 2.27. The zero-order valence-corrected chi connectivity index (χ0v) is 16.0. The maximum absolute atomic E-state index is 11.4. The Balaban J connectivity index is 4.40. The fraction of sp³-hybridized carbons (Fsp3) is 0.688. The van der Waals surface area contributed by atoms with Gasteiger partial charge in [-0.15, -0.1) is 28.6 Å². The number of nitrogens with zero attached hydrogens (tertiary/aromatic N) is 1. The van der Waals surface area contributed by atoms with E-state index in [2.05, 4.69) is 27.2 Å². The van der Waals surface area contributed by atoms with Gasteiger partial charge in [0, 0.05) is 47.8 Å². The van der Waals surface area contributed by atoms with Gasteiger partial charge in [0.2, 0.25) is 10.5 Å². The summed E-state index contributed by atoms with van der Waals surface area (Å²) in [6.45, 7) is 3.34. The fourth-order valence-electron chi connectivity index (χ4n) is 1.90. The number of halogens is 2. The van der Waals surface area contributed by atoms with Gasteiger partial charge < -0.3 is 5.32 Å². The third-order valence-electron chi connectivity index (χ3n) is 3.34. The van der Waals surface area contributed by atoms with Crippen molar-refractivity contribution in [2.75, 3.05) is 27.2 Å². The topological polar surface area (TPSA) is 38.3 Å². The standard InChI is InChI=1S/C16H26BrClN2O2/c1-5-7-8-12-20(3,22-4)15(17)13-14(18)10-9-11-16(21)19-6-2/h1,13-14H,6-12H2,2-4H3/p+1/b15-13+. The van der Waals surface area contributed by atoms with Crippen LogP contribution in [0.25, 0.3) is 0 Å². The molecule has 0 spiro atoms. The van der Waals surface area contributed by atoms with Gasteiger partial charge in [0.25, 0.3) is 0 Å². The van der Waals surface area contributed by atoms with Crippen LogP contribution in [0.4, 0.5) is 0 Å². The molecule has 0 radical (unpaired) electrons. The number of quaternary nitrogens is 1. The average molecular weight is 395 g/mol. The predicted octanol–water partition coefficient (Wildman–Crippen LogP) is 3.56. The van der Waals surface area contributed by atoms with Crippen LogP contribution in [-0.4, -0.2) is 43.2 Å². The SMILES string of the molecule is C#CCCC[N+](C)(OC)/C(Br)=C/C(Cl)CCCC(=O)NCC. The Morgan fingerprint density at radius 2 is 2.23 bits per heavy atom. The van der Waals surface area contributed by atoms with Crippen molar-refractivity contribution in [2.45, 2.75) is 44.4 Å². The number of alkyl halides is 1. The molecule has 0 aromatic carbocycles. The molecule has 0 saturated heterocycles. The van der Waals surface area contributed by atoms with E-state index in [4.69, 9.17) is 22.9 Å². The van der Waals surface area contributed by atoms with Crippen LogP contribution in [-0.2, 0) is 9.63 Å². The van der Waals surface area contributed by atoms with E-state index in [1.807, 2.05) is 20.0 Å². The zero-order chi connectivity index (χ0) is 17.0. The maximum Gasteiger partial charge on any atom is 0.219 e. The van der Waals surface area contributed by atoms with Crippen LogP contribution in [0.15, 0.2) is 10.7 Å². The number of amides is 1. The molecule has 0 aliphatic rings. The van der Waals surface area contributed by atoms with E-state index in [9.17, 15) is 4.79 Å². The number of carbonyl (C=O) groups excluding carboxylic acids is 1. The molecule has 22 heavy (non-hydrogen) atoms.